The second-order valence-electron chi connectivity index (χ2n) is 4.57. The molecule has 1 aromatic rings. The van der Waals surface area contributed by atoms with Crippen LogP contribution in [0.25, 0.3) is 0 Å². The van der Waals surface area contributed by atoms with Crippen molar-refractivity contribution in [1.29, 1.82) is 0 Å². The lowest BCUT2D eigenvalue weighted by Gasteiger charge is -2.27. The minimum atomic E-state index is 0.177. The maximum atomic E-state index is 6.24. The van der Waals surface area contributed by atoms with Gasteiger partial charge in [-0.15, -0.1) is 0 Å². The van der Waals surface area contributed by atoms with Gasteiger partial charge in [-0.05, 0) is 42.9 Å². The molecule has 1 unspecified atom stereocenters. The first-order valence-corrected chi connectivity index (χ1v) is 6.69. The molecule has 0 aromatic heterocycles. The number of hydrogen-bond donors (Lipinski definition) is 1. The van der Waals surface area contributed by atoms with Crippen molar-refractivity contribution < 1.29 is 4.74 Å². The second kappa shape index (κ2) is 6.05. The van der Waals surface area contributed by atoms with Gasteiger partial charge in [-0.25, -0.2) is 0 Å². The second-order valence-corrected chi connectivity index (χ2v) is 5.38. The molecule has 2 nitrogen and oxygen atoms in total. The predicted octanol–water partition coefficient (Wildman–Crippen LogP) is 3.29. The van der Waals surface area contributed by atoms with Crippen molar-refractivity contribution in [1.82, 2.24) is 0 Å². The lowest BCUT2D eigenvalue weighted by atomic mass is 9.88. The fourth-order valence-electron chi connectivity index (χ4n) is 2.25. The molecule has 1 atom stereocenters. The summed E-state index contributed by atoms with van der Waals surface area (Å²) in [4.78, 5) is 0. The lowest BCUT2D eigenvalue weighted by molar-refractivity contribution is 0.0585. The van der Waals surface area contributed by atoms with Crippen LogP contribution < -0.4 is 5.73 Å². The van der Waals surface area contributed by atoms with Crippen LogP contribution in [0.15, 0.2) is 18.2 Å². The smallest absolute Gasteiger partial charge is 0.0595 e. The Bertz CT molecular complexity index is 378. The van der Waals surface area contributed by atoms with Crippen LogP contribution in [0.1, 0.15) is 18.4 Å². The number of rotatable bonds is 3. The topological polar surface area (TPSA) is 35.2 Å². The zero-order valence-corrected chi connectivity index (χ0v) is 11.2. The summed E-state index contributed by atoms with van der Waals surface area (Å²) in [6.45, 7) is 1.67. The van der Waals surface area contributed by atoms with Crippen LogP contribution in [0.5, 0.6) is 0 Å². The minimum absolute atomic E-state index is 0.177. The third-order valence-electron chi connectivity index (χ3n) is 3.33. The normalized spacial score (nSPS) is 19.2. The highest BCUT2D eigenvalue weighted by Gasteiger charge is 2.21. The number of benzene rings is 1. The first-order chi connectivity index (χ1) is 8.16. The zero-order chi connectivity index (χ0) is 12.3. The van der Waals surface area contributed by atoms with E-state index in [0.717, 1.165) is 38.0 Å². The third-order valence-corrected chi connectivity index (χ3v) is 4.07. The van der Waals surface area contributed by atoms with Gasteiger partial charge < -0.3 is 10.5 Å². The summed E-state index contributed by atoms with van der Waals surface area (Å²) in [5.74, 6) is 0.554. The number of halogens is 2. The quantitative estimate of drug-likeness (QED) is 0.918. The van der Waals surface area contributed by atoms with Gasteiger partial charge in [0.2, 0.25) is 0 Å². The van der Waals surface area contributed by atoms with Crippen LogP contribution >= 0.6 is 23.2 Å². The largest absolute Gasteiger partial charge is 0.381 e. The summed E-state index contributed by atoms with van der Waals surface area (Å²) < 4.78 is 5.34. The van der Waals surface area contributed by atoms with E-state index in [4.69, 9.17) is 33.7 Å². The van der Waals surface area contributed by atoms with Crippen molar-refractivity contribution in [2.75, 3.05) is 13.2 Å². The van der Waals surface area contributed by atoms with E-state index in [1.165, 1.54) is 0 Å². The number of hydrogen-bond acceptors (Lipinski definition) is 2. The van der Waals surface area contributed by atoms with Crippen molar-refractivity contribution in [2.24, 2.45) is 11.7 Å². The van der Waals surface area contributed by atoms with Crippen molar-refractivity contribution >= 4 is 23.2 Å². The standard InChI is InChI=1S/C13H17Cl2NO/c14-11-2-1-9(7-12(11)15)8-13(16)10-3-5-17-6-4-10/h1-2,7,10,13H,3-6,8,16H2. The molecule has 1 fully saturated rings. The average Bonchev–Trinajstić information content (AvgIpc) is 2.35. The van der Waals surface area contributed by atoms with E-state index in [1.807, 2.05) is 18.2 Å². The average molecular weight is 274 g/mol. The van der Waals surface area contributed by atoms with Crippen LogP contribution in [0.2, 0.25) is 10.0 Å². The fourth-order valence-corrected chi connectivity index (χ4v) is 2.57. The molecule has 1 saturated heterocycles. The summed E-state index contributed by atoms with van der Waals surface area (Å²) in [5.41, 5.74) is 7.39. The Morgan fingerprint density at radius 2 is 1.94 bits per heavy atom. The van der Waals surface area contributed by atoms with Gasteiger partial charge in [0.1, 0.15) is 0 Å². The summed E-state index contributed by atoms with van der Waals surface area (Å²) in [7, 11) is 0. The van der Waals surface area contributed by atoms with Crippen LogP contribution in [0, 0.1) is 5.92 Å². The predicted molar refractivity (Wildman–Crippen MR) is 71.7 cm³/mol. The van der Waals surface area contributed by atoms with Crippen LogP contribution in [0.3, 0.4) is 0 Å². The molecular formula is C13H17Cl2NO. The molecule has 0 saturated carbocycles. The first kappa shape index (κ1) is 13.2. The van der Waals surface area contributed by atoms with Gasteiger partial charge in [0.15, 0.2) is 0 Å². The number of ether oxygens (including phenoxy) is 1. The van der Waals surface area contributed by atoms with Gasteiger partial charge in [0.05, 0.1) is 10.0 Å². The SMILES string of the molecule is NC(Cc1ccc(Cl)c(Cl)c1)C1CCOCC1. The maximum Gasteiger partial charge on any atom is 0.0595 e. The third kappa shape index (κ3) is 3.59. The maximum absolute atomic E-state index is 6.24. The van der Waals surface area contributed by atoms with Gasteiger partial charge in [-0.3, -0.25) is 0 Å². The zero-order valence-electron chi connectivity index (χ0n) is 9.66. The van der Waals surface area contributed by atoms with E-state index in [-0.39, 0.29) is 6.04 Å². The molecule has 0 radical (unpaired) electrons. The van der Waals surface area contributed by atoms with Gasteiger partial charge in [-0.2, -0.15) is 0 Å². The Labute approximate surface area is 112 Å². The molecule has 2 N–H and O–H groups in total. The van der Waals surface area contributed by atoms with E-state index < -0.39 is 0 Å². The van der Waals surface area contributed by atoms with E-state index in [1.54, 1.807) is 0 Å². The van der Waals surface area contributed by atoms with Crippen molar-refractivity contribution in [3.63, 3.8) is 0 Å². The highest BCUT2D eigenvalue weighted by molar-refractivity contribution is 6.42. The molecule has 17 heavy (non-hydrogen) atoms. The van der Waals surface area contributed by atoms with Crippen LogP contribution in [-0.4, -0.2) is 19.3 Å². The number of nitrogens with two attached hydrogens (primary N) is 1. The first-order valence-electron chi connectivity index (χ1n) is 5.94. The monoisotopic (exact) mass is 273 g/mol. The fraction of sp³-hybridized carbons (Fsp3) is 0.538. The molecular weight excluding hydrogens is 257 g/mol. The van der Waals surface area contributed by atoms with Crippen molar-refractivity contribution in [3.05, 3.63) is 33.8 Å². The Kier molecular flexibility index (Phi) is 4.69. The van der Waals surface area contributed by atoms with Crippen molar-refractivity contribution in [2.45, 2.75) is 25.3 Å². The molecule has 0 spiro atoms. The molecule has 1 heterocycles. The molecule has 1 aliphatic heterocycles. The lowest BCUT2D eigenvalue weighted by Crippen LogP contribution is -2.36. The highest BCUT2D eigenvalue weighted by Crippen LogP contribution is 2.25. The van der Waals surface area contributed by atoms with Gasteiger partial charge in [0.25, 0.3) is 0 Å². The Balaban J connectivity index is 1.96. The Morgan fingerprint density at radius 1 is 1.24 bits per heavy atom. The van der Waals surface area contributed by atoms with E-state index in [9.17, 15) is 0 Å². The van der Waals surface area contributed by atoms with Crippen molar-refractivity contribution in [3.8, 4) is 0 Å². The molecule has 1 aliphatic rings. The van der Waals surface area contributed by atoms with Gasteiger partial charge in [-0.1, -0.05) is 29.3 Å². The molecule has 1 aromatic carbocycles. The highest BCUT2D eigenvalue weighted by atomic mass is 35.5. The van der Waals surface area contributed by atoms with E-state index in [2.05, 4.69) is 0 Å². The molecule has 0 amide bonds. The molecule has 94 valence electrons. The van der Waals surface area contributed by atoms with Gasteiger partial charge in [0, 0.05) is 19.3 Å². The van der Waals surface area contributed by atoms with Crippen LogP contribution in [0.4, 0.5) is 0 Å². The Morgan fingerprint density at radius 3 is 2.59 bits per heavy atom. The summed E-state index contributed by atoms with van der Waals surface area (Å²) in [6.07, 6.45) is 2.96. The molecule has 0 bridgehead atoms. The van der Waals surface area contributed by atoms with E-state index in [0.29, 0.717) is 16.0 Å². The van der Waals surface area contributed by atoms with E-state index >= 15 is 0 Å². The summed E-state index contributed by atoms with van der Waals surface area (Å²) in [5, 5.41) is 1.19. The Hall–Kier alpha value is -0.280. The molecule has 2 rings (SSSR count). The molecule has 0 aliphatic carbocycles. The van der Waals surface area contributed by atoms with Gasteiger partial charge >= 0.3 is 0 Å². The molecule has 4 heteroatoms. The minimum Gasteiger partial charge on any atom is -0.381 e. The summed E-state index contributed by atoms with van der Waals surface area (Å²) >= 11 is 11.9. The van der Waals surface area contributed by atoms with Crippen LogP contribution in [-0.2, 0) is 11.2 Å². The summed E-state index contributed by atoms with van der Waals surface area (Å²) in [6, 6.07) is 5.91.